The first-order chi connectivity index (χ1) is 15.0. The highest BCUT2D eigenvalue weighted by Crippen LogP contribution is 2.27. The van der Waals surface area contributed by atoms with Crippen molar-refractivity contribution in [1.29, 1.82) is 0 Å². The summed E-state index contributed by atoms with van der Waals surface area (Å²) in [5, 5.41) is 9.37. The molecule has 2 aliphatic rings. The summed E-state index contributed by atoms with van der Waals surface area (Å²) >= 11 is 0. The van der Waals surface area contributed by atoms with E-state index in [1.165, 1.54) is 4.90 Å². The van der Waals surface area contributed by atoms with E-state index < -0.39 is 6.04 Å². The molecular formula is C21H32N6O4. The summed E-state index contributed by atoms with van der Waals surface area (Å²) in [6.07, 6.45) is 0.854. The molecule has 3 rings (SSSR count). The lowest BCUT2D eigenvalue weighted by atomic mass is 10.1. The summed E-state index contributed by atoms with van der Waals surface area (Å²) in [6, 6.07) is 6.56. The molecular weight excluding hydrogens is 400 g/mol. The maximum atomic E-state index is 12.9. The molecule has 170 valence electrons. The van der Waals surface area contributed by atoms with Crippen molar-refractivity contribution in [2.45, 2.75) is 45.1 Å². The topological polar surface area (TPSA) is 129 Å². The van der Waals surface area contributed by atoms with Crippen molar-refractivity contribution in [2.24, 2.45) is 5.73 Å². The van der Waals surface area contributed by atoms with Gasteiger partial charge in [0.15, 0.2) is 6.61 Å². The van der Waals surface area contributed by atoms with Crippen molar-refractivity contribution < 1.29 is 19.1 Å². The van der Waals surface area contributed by atoms with E-state index in [2.05, 4.69) is 16.0 Å². The number of nitrogens with two attached hydrogens (primary N) is 1. The molecule has 4 amide bonds. The van der Waals surface area contributed by atoms with E-state index in [0.29, 0.717) is 31.9 Å². The van der Waals surface area contributed by atoms with Crippen molar-refractivity contribution in [3.63, 3.8) is 0 Å². The SMILES string of the molecule is CCCN1C(=O)C2NC(c3ccc(OCC(=O)NCCN)cc3)NC2N(CCC)C1=O. The number of fused-ring (bicyclic) bond motifs is 1. The van der Waals surface area contributed by atoms with Gasteiger partial charge in [-0.1, -0.05) is 26.0 Å². The van der Waals surface area contributed by atoms with Crippen LogP contribution in [0.2, 0.25) is 0 Å². The predicted molar refractivity (Wildman–Crippen MR) is 115 cm³/mol. The number of amides is 4. The number of hydrogen-bond acceptors (Lipinski definition) is 7. The molecule has 0 radical (unpaired) electrons. The van der Waals surface area contributed by atoms with Crippen molar-refractivity contribution in [2.75, 3.05) is 32.8 Å². The molecule has 5 N–H and O–H groups in total. The first-order valence-electron chi connectivity index (χ1n) is 10.8. The Kier molecular flexibility index (Phi) is 7.83. The van der Waals surface area contributed by atoms with Gasteiger partial charge in [0.25, 0.3) is 11.8 Å². The molecule has 0 spiro atoms. The summed E-state index contributed by atoms with van der Waals surface area (Å²) in [6.45, 7) is 5.66. The van der Waals surface area contributed by atoms with Gasteiger partial charge in [-0.15, -0.1) is 0 Å². The molecule has 2 fully saturated rings. The van der Waals surface area contributed by atoms with Crippen molar-refractivity contribution in [3.05, 3.63) is 29.8 Å². The zero-order chi connectivity index (χ0) is 22.4. The second kappa shape index (κ2) is 10.6. The highest BCUT2D eigenvalue weighted by atomic mass is 16.5. The molecule has 1 aromatic rings. The van der Waals surface area contributed by atoms with E-state index in [0.717, 1.165) is 18.4 Å². The van der Waals surface area contributed by atoms with Crippen LogP contribution in [-0.4, -0.2) is 72.6 Å². The maximum absolute atomic E-state index is 12.9. The number of rotatable bonds is 10. The first kappa shape index (κ1) is 23.0. The van der Waals surface area contributed by atoms with Crippen LogP contribution in [0.3, 0.4) is 0 Å². The zero-order valence-corrected chi connectivity index (χ0v) is 18.1. The second-order valence-electron chi connectivity index (χ2n) is 7.65. The fraction of sp³-hybridized carbons (Fsp3) is 0.571. The van der Waals surface area contributed by atoms with Crippen molar-refractivity contribution in [1.82, 2.24) is 25.8 Å². The van der Waals surface area contributed by atoms with Gasteiger partial charge >= 0.3 is 6.03 Å². The number of benzene rings is 1. The first-order valence-corrected chi connectivity index (χ1v) is 10.8. The van der Waals surface area contributed by atoms with E-state index in [4.69, 9.17) is 10.5 Å². The molecule has 2 saturated heterocycles. The third kappa shape index (κ3) is 5.15. The van der Waals surface area contributed by atoms with Gasteiger partial charge in [0.05, 0.1) is 6.17 Å². The minimum atomic E-state index is -0.497. The van der Waals surface area contributed by atoms with Crippen LogP contribution in [0.4, 0.5) is 4.79 Å². The normalized spacial score (nSPS) is 23.1. The number of nitrogens with one attached hydrogen (secondary N) is 3. The van der Waals surface area contributed by atoms with Crippen LogP contribution < -0.4 is 26.4 Å². The molecule has 0 saturated carbocycles. The third-order valence-corrected chi connectivity index (χ3v) is 5.31. The maximum Gasteiger partial charge on any atom is 0.328 e. The van der Waals surface area contributed by atoms with Crippen molar-refractivity contribution in [3.8, 4) is 5.75 Å². The van der Waals surface area contributed by atoms with E-state index in [9.17, 15) is 14.4 Å². The quantitative estimate of drug-likeness (QED) is 0.413. The van der Waals surface area contributed by atoms with Crippen LogP contribution in [0.15, 0.2) is 24.3 Å². The van der Waals surface area contributed by atoms with Gasteiger partial charge < -0.3 is 20.7 Å². The number of hydrogen-bond donors (Lipinski definition) is 4. The Morgan fingerprint density at radius 3 is 2.48 bits per heavy atom. The molecule has 31 heavy (non-hydrogen) atoms. The standard InChI is InChI=1S/C21H32N6O4/c1-3-11-26-19-17(20(29)27(12-4-2)21(26)30)24-18(25-19)14-5-7-15(8-6-14)31-13-16(28)23-10-9-22/h5-8,17-19,24-25H,3-4,9-13,22H2,1-2H3,(H,23,28). The fourth-order valence-electron chi connectivity index (χ4n) is 3.86. The number of carbonyl (C=O) groups is 3. The zero-order valence-electron chi connectivity index (χ0n) is 18.1. The lowest BCUT2D eigenvalue weighted by Crippen LogP contribution is -2.67. The van der Waals surface area contributed by atoms with Gasteiger partial charge in [0.1, 0.15) is 18.0 Å². The van der Waals surface area contributed by atoms with E-state index in [1.54, 1.807) is 17.0 Å². The summed E-state index contributed by atoms with van der Waals surface area (Å²) in [4.78, 5) is 40.5. The molecule has 0 bridgehead atoms. The van der Waals surface area contributed by atoms with Gasteiger partial charge in [-0.3, -0.25) is 25.1 Å². The Morgan fingerprint density at radius 1 is 1.13 bits per heavy atom. The molecule has 3 unspecified atom stereocenters. The van der Waals surface area contributed by atoms with Crippen LogP contribution in [-0.2, 0) is 9.59 Å². The Hall–Kier alpha value is -2.69. The largest absolute Gasteiger partial charge is 0.484 e. The van der Waals surface area contributed by atoms with E-state index >= 15 is 0 Å². The van der Waals surface area contributed by atoms with Gasteiger partial charge in [-0.2, -0.15) is 0 Å². The molecule has 10 nitrogen and oxygen atoms in total. The lowest BCUT2D eigenvalue weighted by molar-refractivity contribution is -0.135. The van der Waals surface area contributed by atoms with Gasteiger partial charge in [-0.25, -0.2) is 4.79 Å². The predicted octanol–water partition coefficient (Wildman–Crippen LogP) is 0.111. The summed E-state index contributed by atoms with van der Waals surface area (Å²) < 4.78 is 5.49. The van der Waals surface area contributed by atoms with Crippen LogP contribution >= 0.6 is 0 Å². The molecule has 2 aliphatic heterocycles. The Bertz CT molecular complexity index is 787. The minimum Gasteiger partial charge on any atom is -0.484 e. The molecule has 1 aromatic carbocycles. The molecule has 0 aromatic heterocycles. The van der Waals surface area contributed by atoms with Crippen LogP contribution in [0.25, 0.3) is 0 Å². The smallest absolute Gasteiger partial charge is 0.328 e. The Labute approximate surface area is 182 Å². The number of nitrogens with zero attached hydrogens (tertiary/aromatic N) is 2. The van der Waals surface area contributed by atoms with Gasteiger partial charge in [0.2, 0.25) is 0 Å². The summed E-state index contributed by atoms with van der Waals surface area (Å²) in [7, 11) is 0. The molecule has 2 heterocycles. The molecule has 10 heteroatoms. The van der Waals surface area contributed by atoms with Crippen LogP contribution in [0.5, 0.6) is 5.75 Å². The number of imide groups is 1. The van der Waals surface area contributed by atoms with Crippen LogP contribution in [0.1, 0.15) is 38.4 Å². The molecule has 3 atom stereocenters. The lowest BCUT2D eigenvalue weighted by Gasteiger charge is -2.41. The third-order valence-electron chi connectivity index (χ3n) is 5.31. The number of urea groups is 1. The van der Waals surface area contributed by atoms with Crippen molar-refractivity contribution >= 4 is 17.8 Å². The Balaban J connectivity index is 1.66. The number of ether oxygens (including phenoxy) is 1. The fourth-order valence-corrected chi connectivity index (χ4v) is 3.86. The highest BCUT2D eigenvalue weighted by Gasteiger charge is 2.50. The van der Waals surface area contributed by atoms with Gasteiger partial charge in [0, 0.05) is 26.2 Å². The second-order valence-corrected chi connectivity index (χ2v) is 7.65. The Morgan fingerprint density at radius 2 is 1.84 bits per heavy atom. The molecule has 0 aliphatic carbocycles. The van der Waals surface area contributed by atoms with Gasteiger partial charge in [-0.05, 0) is 30.5 Å². The monoisotopic (exact) mass is 432 g/mol. The van der Waals surface area contributed by atoms with Crippen LogP contribution in [0, 0.1) is 0 Å². The average molecular weight is 433 g/mol. The van der Waals surface area contributed by atoms with E-state index in [-0.39, 0.29) is 36.8 Å². The highest BCUT2D eigenvalue weighted by molar-refractivity contribution is 6.00. The number of carbonyl (C=O) groups excluding carboxylic acids is 3. The van der Waals surface area contributed by atoms with E-state index in [1.807, 2.05) is 26.0 Å². The minimum absolute atomic E-state index is 0.0840. The summed E-state index contributed by atoms with van der Waals surface area (Å²) in [5.74, 6) is 0.145. The summed E-state index contributed by atoms with van der Waals surface area (Å²) in [5.41, 5.74) is 6.27. The average Bonchev–Trinajstić information content (AvgIpc) is 3.22.